The molecule has 0 spiro atoms. The van der Waals surface area contributed by atoms with Crippen molar-refractivity contribution < 1.29 is 13.9 Å². The van der Waals surface area contributed by atoms with Crippen molar-refractivity contribution in [2.75, 3.05) is 5.32 Å². The lowest BCUT2D eigenvalue weighted by molar-refractivity contribution is -0.115. The number of nitrogens with zero attached hydrogens (tertiary/aromatic N) is 2. The molecule has 0 radical (unpaired) electrons. The summed E-state index contributed by atoms with van der Waals surface area (Å²) in [6, 6.07) is 17.6. The van der Waals surface area contributed by atoms with Crippen LogP contribution in [0.25, 0.3) is 11.0 Å². The number of hydrogen-bond donors (Lipinski definition) is 1. The minimum atomic E-state index is -0.847. The average molecular weight is 499 g/mol. The van der Waals surface area contributed by atoms with Crippen LogP contribution < -0.4 is 10.1 Å². The van der Waals surface area contributed by atoms with Gasteiger partial charge in [-0.2, -0.15) is 0 Å². The van der Waals surface area contributed by atoms with Crippen LogP contribution in [0.15, 0.2) is 65.6 Å². The van der Waals surface area contributed by atoms with Gasteiger partial charge in [-0.1, -0.05) is 23.7 Å². The summed E-state index contributed by atoms with van der Waals surface area (Å²) in [5.74, 6) is 0.410. The smallest absolute Gasteiger partial charge is 0.228 e. The number of anilines is 1. The highest BCUT2D eigenvalue weighted by Gasteiger charge is 2.30. The number of ether oxygens (including phenoxy) is 1. The minimum absolute atomic E-state index is 0.0422. The molecular formula is C26H26ClFN3O2S+. The van der Waals surface area contributed by atoms with Crippen molar-refractivity contribution >= 4 is 46.9 Å². The van der Waals surface area contributed by atoms with Crippen molar-refractivity contribution in [1.29, 1.82) is 0 Å². The zero-order valence-electron chi connectivity index (χ0n) is 19.2. The number of aromatic nitrogens is 2. The van der Waals surface area contributed by atoms with Crippen molar-refractivity contribution in [3.8, 4) is 5.75 Å². The van der Waals surface area contributed by atoms with E-state index in [1.807, 2.05) is 63.2 Å². The molecule has 0 saturated carbocycles. The quantitative estimate of drug-likeness (QED) is 0.332. The lowest BCUT2D eigenvalue weighted by atomic mass is 10.1. The maximum absolute atomic E-state index is 13.9. The Morgan fingerprint density at radius 2 is 1.88 bits per heavy atom. The number of aryl methyl sites for hydroxylation is 1. The number of rotatable bonds is 7. The first-order chi connectivity index (χ1) is 16.2. The third kappa shape index (κ3) is 5.21. The van der Waals surface area contributed by atoms with Gasteiger partial charge < -0.3 is 14.6 Å². The van der Waals surface area contributed by atoms with Gasteiger partial charge >= 0.3 is 0 Å². The first kappa shape index (κ1) is 24.1. The summed E-state index contributed by atoms with van der Waals surface area (Å²) in [5.41, 5.74) is 2.40. The Morgan fingerprint density at radius 1 is 1.15 bits per heavy atom. The Balaban J connectivity index is 1.58. The zero-order chi connectivity index (χ0) is 24.5. The van der Waals surface area contributed by atoms with Crippen molar-refractivity contribution in [3.63, 3.8) is 0 Å². The van der Waals surface area contributed by atoms with Crippen LogP contribution in [0.2, 0.25) is 5.02 Å². The second-order valence-electron chi connectivity index (χ2n) is 8.49. The van der Waals surface area contributed by atoms with Gasteiger partial charge in [-0.15, -0.1) is 0 Å². The number of hydrogen-bond acceptors (Lipinski definition) is 3. The highest BCUT2D eigenvalue weighted by atomic mass is 35.5. The van der Waals surface area contributed by atoms with Crippen LogP contribution >= 0.6 is 11.6 Å². The summed E-state index contributed by atoms with van der Waals surface area (Å²) in [6.07, 6.45) is 0.276. The molecule has 176 valence electrons. The van der Waals surface area contributed by atoms with E-state index in [4.69, 9.17) is 21.3 Å². The summed E-state index contributed by atoms with van der Waals surface area (Å²) in [7, 11) is 0. The number of benzene rings is 3. The molecule has 0 aliphatic heterocycles. The van der Waals surface area contributed by atoms with Crippen LogP contribution in [-0.2, 0) is 36.0 Å². The molecule has 8 heteroatoms. The van der Waals surface area contributed by atoms with Crippen molar-refractivity contribution in [3.05, 3.63) is 82.9 Å². The molecule has 1 N–H and O–H groups in total. The van der Waals surface area contributed by atoms with Crippen LogP contribution in [-0.4, -0.2) is 15.5 Å². The van der Waals surface area contributed by atoms with Gasteiger partial charge in [0.2, 0.25) is 5.91 Å². The third-order valence-corrected chi connectivity index (χ3v) is 6.11. The number of halogens is 2. The van der Waals surface area contributed by atoms with Gasteiger partial charge in [0.15, 0.2) is 11.4 Å². The SMILES string of the molecule is CCn1c(C(C)(C)Oc2ccc(Cl)c(F)c2)nc2cc(NC(=O)Cc3ccc([SH2+])cc3)ccc21. The zero-order valence-corrected chi connectivity index (χ0v) is 20.9. The Morgan fingerprint density at radius 3 is 2.56 bits per heavy atom. The predicted molar refractivity (Wildman–Crippen MR) is 138 cm³/mol. The van der Waals surface area contributed by atoms with E-state index in [9.17, 15) is 9.18 Å². The second kappa shape index (κ2) is 9.68. The van der Waals surface area contributed by atoms with Gasteiger partial charge in [-0.25, -0.2) is 9.37 Å². The molecule has 1 heterocycles. The largest absolute Gasteiger partial charge is 0.480 e. The highest BCUT2D eigenvalue weighted by Crippen LogP contribution is 2.32. The number of imidazole rings is 1. The maximum Gasteiger partial charge on any atom is 0.228 e. The van der Waals surface area contributed by atoms with Crippen LogP contribution in [0.1, 0.15) is 32.2 Å². The Labute approximate surface area is 208 Å². The topological polar surface area (TPSA) is 56.1 Å². The molecule has 0 fully saturated rings. The molecule has 3 aromatic carbocycles. The molecule has 1 aromatic heterocycles. The number of fused-ring (bicyclic) bond motifs is 1. The number of nitrogens with one attached hydrogen (secondary N) is 1. The Bertz CT molecular complexity index is 1350. The van der Waals surface area contributed by atoms with Gasteiger partial charge in [-0.3, -0.25) is 4.79 Å². The lowest BCUT2D eigenvalue weighted by Gasteiger charge is -2.26. The Hall–Kier alpha value is -3.03. The number of carbonyl (C=O) groups is 1. The Kier molecular flexibility index (Phi) is 6.86. The van der Waals surface area contributed by atoms with E-state index in [0.29, 0.717) is 23.8 Å². The maximum atomic E-state index is 13.9. The molecule has 0 aliphatic rings. The second-order valence-corrected chi connectivity index (χ2v) is 9.48. The molecule has 1 amide bonds. The monoisotopic (exact) mass is 498 g/mol. The van der Waals surface area contributed by atoms with Crippen LogP contribution in [0.3, 0.4) is 0 Å². The fourth-order valence-electron chi connectivity index (χ4n) is 3.88. The lowest BCUT2D eigenvalue weighted by Crippen LogP contribution is -2.29. The van der Waals surface area contributed by atoms with Crippen molar-refractivity contribution in [1.82, 2.24) is 9.55 Å². The van der Waals surface area contributed by atoms with E-state index in [2.05, 4.69) is 22.5 Å². The van der Waals surface area contributed by atoms with Gasteiger partial charge in [-0.05, 0) is 81.4 Å². The van der Waals surface area contributed by atoms with Gasteiger partial charge in [0.05, 0.1) is 22.5 Å². The fraction of sp³-hybridized carbons (Fsp3) is 0.231. The summed E-state index contributed by atoms with van der Waals surface area (Å²) in [4.78, 5) is 18.3. The number of amides is 1. The molecule has 0 saturated heterocycles. The minimum Gasteiger partial charge on any atom is -0.480 e. The van der Waals surface area contributed by atoms with Gasteiger partial charge in [0.1, 0.15) is 16.5 Å². The van der Waals surface area contributed by atoms with E-state index in [1.54, 1.807) is 6.07 Å². The summed E-state index contributed by atoms with van der Waals surface area (Å²) >= 11 is 9.24. The molecule has 5 nitrogen and oxygen atoms in total. The van der Waals surface area contributed by atoms with E-state index in [-0.39, 0.29) is 17.4 Å². The normalized spacial score (nSPS) is 11.6. The van der Waals surface area contributed by atoms with Crippen LogP contribution in [0.5, 0.6) is 5.75 Å². The highest BCUT2D eigenvalue weighted by molar-refractivity contribution is 7.58. The standard InChI is InChI=1S/C26H25ClFN3O2S/c1-4-31-23-12-7-17(29-24(32)13-16-5-9-19(34)10-6-16)14-22(23)30-25(31)26(2,3)33-18-8-11-20(27)21(28)15-18/h5-12,14-15,34H,4,13H2,1-3H3,(H,29,32)/p+1. The van der Waals surface area contributed by atoms with Crippen LogP contribution in [0, 0.1) is 5.82 Å². The molecule has 0 atom stereocenters. The summed E-state index contributed by atoms with van der Waals surface area (Å²) in [6.45, 7) is 6.46. The van der Waals surface area contributed by atoms with Crippen molar-refractivity contribution in [2.45, 2.75) is 44.2 Å². The van der Waals surface area contributed by atoms with Crippen molar-refractivity contribution in [2.24, 2.45) is 0 Å². The first-order valence-electron chi connectivity index (χ1n) is 10.9. The molecule has 0 unspecified atom stereocenters. The van der Waals surface area contributed by atoms with E-state index in [0.717, 1.165) is 21.5 Å². The van der Waals surface area contributed by atoms with E-state index >= 15 is 0 Å². The van der Waals surface area contributed by atoms with E-state index < -0.39 is 11.4 Å². The predicted octanol–water partition coefficient (Wildman–Crippen LogP) is 5.71. The number of carbonyl (C=O) groups excluding carboxylic acids is 1. The van der Waals surface area contributed by atoms with Crippen LogP contribution in [0.4, 0.5) is 10.1 Å². The molecule has 34 heavy (non-hydrogen) atoms. The molecule has 4 aromatic rings. The van der Waals surface area contributed by atoms with Gasteiger partial charge in [0.25, 0.3) is 0 Å². The molecule has 0 aliphatic carbocycles. The fourth-order valence-corrected chi connectivity index (χ4v) is 4.17. The summed E-state index contributed by atoms with van der Waals surface area (Å²) < 4.78 is 22.1. The summed E-state index contributed by atoms with van der Waals surface area (Å²) in [5, 5.41) is 2.99. The molecule has 4 rings (SSSR count). The average Bonchev–Trinajstić information content (AvgIpc) is 3.16. The van der Waals surface area contributed by atoms with E-state index in [1.165, 1.54) is 12.1 Å². The molecular weight excluding hydrogens is 473 g/mol. The third-order valence-electron chi connectivity index (χ3n) is 5.47. The van der Waals surface area contributed by atoms with Gasteiger partial charge in [0, 0.05) is 18.3 Å². The molecule has 0 bridgehead atoms. The first-order valence-corrected chi connectivity index (χ1v) is 11.8.